The summed E-state index contributed by atoms with van der Waals surface area (Å²) in [6.07, 6.45) is 0. The molecular weight excluding hydrogens is 388 g/mol. The monoisotopic (exact) mass is 428 g/mol. The van der Waals surface area contributed by atoms with Crippen molar-refractivity contribution in [3.05, 3.63) is 0 Å². The first-order valence-corrected chi connectivity index (χ1v) is 11.8. The molecule has 0 saturated heterocycles. The third-order valence-electron chi connectivity index (χ3n) is 4.55. The average molecular weight is 429 g/mol. The van der Waals surface area contributed by atoms with Crippen LogP contribution in [-0.4, -0.2) is 31.9 Å². The van der Waals surface area contributed by atoms with E-state index in [1.807, 2.05) is 83.1 Å². The Hall–Kier alpha value is -1.90. The van der Waals surface area contributed by atoms with E-state index in [0.717, 1.165) is 22.8 Å². The van der Waals surface area contributed by atoms with Gasteiger partial charge >= 0.3 is 9.05 Å². The van der Waals surface area contributed by atoms with Gasteiger partial charge in [-0.15, -0.1) is 20.6 Å². The van der Waals surface area contributed by atoms with Crippen molar-refractivity contribution in [1.82, 2.24) is 0 Å². The van der Waals surface area contributed by atoms with Gasteiger partial charge < -0.3 is 18.1 Å². The molecule has 0 aromatic carbocycles. The van der Waals surface area contributed by atoms with Crippen molar-refractivity contribution in [3.8, 4) is 0 Å². The molecule has 8 nitrogen and oxygen atoms in total. The number of rotatable bonds is 12. The molecule has 168 valence electrons. The van der Waals surface area contributed by atoms with Crippen LogP contribution in [0.25, 0.3) is 0 Å². The van der Waals surface area contributed by atoms with Crippen molar-refractivity contribution in [1.29, 1.82) is 0 Å². The van der Waals surface area contributed by atoms with E-state index in [1.54, 1.807) is 0 Å². The molecule has 0 aliphatic rings. The summed E-state index contributed by atoms with van der Waals surface area (Å²) in [6, 6.07) is 0. The molecule has 0 aromatic heterocycles. The lowest BCUT2D eigenvalue weighted by Gasteiger charge is -2.20. The summed E-state index contributed by atoms with van der Waals surface area (Å²) in [4.78, 5) is 0. The second-order valence-corrected chi connectivity index (χ2v) is 10.1. The first-order valence-electron chi connectivity index (χ1n) is 10.2. The fraction of sp³-hybridized carbons (Fsp3) is 0.800. The van der Waals surface area contributed by atoms with Gasteiger partial charge in [-0.1, -0.05) is 55.4 Å². The van der Waals surface area contributed by atoms with Gasteiger partial charge in [-0.2, -0.15) is 0 Å². The standard InChI is InChI=1S/C20H40N4O4Si/c1-13(2)17(9)21-25-29(26-22-18(10)14(3)4,27-23-19(11)15(5)6)28-24-20(12)16(7)8/h13-16H,1-12H3. The molecule has 0 aliphatic heterocycles. The second-order valence-electron chi connectivity index (χ2n) is 8.41. The Morgan fingerprint density at radius 1 is 0.448 bits per heavy atom. The summed E-state index contributed by atoms with van der Waals surface area (Å²) < 4.78 is 22.7. The van der Waals surface area contributed by atoms with Crippen LogP contribution in [0.4, 0.5) is 0 Å². The van der Waals surface area contributed by atoms with Gasteiger partial charge in [0.15, 0.2) is 0 Å². The Kier molecular flexibility index (Phi) is 11.8. The van der Waals surface area contributed by atoms with Gasteiger partial charge in [-0.05, 0) is 51.4 Å². The first kappa shape index (κ1) is 27.1. The molecule has 0 radical (unpaired) electrons. The quantitative estimate of drug-likeness (QED) is 0.229. The molecule has 0 unspecified atom stereocenters. The molecule has 0 amide bonds. The molecule has 0 rings (SSSR count). The zero-order valence-corrected chi connectivity index (χ0v) is 21.2. The lowest BCUT2D eigenvalue weighted by molar-refractivity contribution is -0.0324. The molecular formula is C20H40N4O4Si. The van der Waals surface area contributed by atoms with Crippen LogP contribution in [0.5, 0.6) is 0 Å². The number of hydrogen-bond acceptors (Lipinski definition) is 8. The highest BCUT2D eigenvalue weighted by molar-refractivity contribution is 6.53. The Morgan fingerprint density at radius 3 is 0.759 bits per heavy atom. The molecule has 29 heavy (non-hydrogen) atoms. The Morgan fingerprint density at radius 2 is 0.621 bits per heavy atom. The summed E-state index contributed by atoms with van der Waals surface area (Å²) in [6.45, 7) is 23.5. The number of hydrogen-bond donors (Lipinski definition) is 0. The smallest absolute Gasteiger partial charge is 0.340 e. The highest BCUT2D eigenvalue weighted by atomic mass is 28.4. The Labute approximate surface area is 177 Å². The van der Waals surface area contributed by atoms with E-state index < -0.39 is 9.05 Å². The maximum atomic E-state index is 5.68. The van der Waals surface area contributed by atoms with Crippen LogP contribution < -0.4 is 0 Å². The van der Waals surface area contributed by atoms with E-state index in [9.17, 15) is 0 Å². The zero-order valence-electron chi connectivity index (χ0n) is 20.2. The normalized spacial score (nSPS) is 16.6. The molecule has 0 bridgehead atoms. The van der Waals surface area contributed by atoms with E-state index in [1.165, 1.54) is 0 Å². The summed E-state index contributed by atoms with van der Waals surface area (Å²) in [7, 11) is -3.98. The predicted octanol–water partition coefficient (Wildman–Crippen LogP) is 5.62. The minimum absolute atomic E-state index is 0.185. The van der Waals surface area contributed by atoms with Crippen LogP contribution in [0.2, 0.25) is 0 Å². The van der Waals surface area contributed by atoms with E-state index in [4.69, 9.17) is 18.1 Å². The Balaban J connectivity index is 6.12. The number of oxime groups is 4. The highest BCUT2D eigenvalue weighted by Gasteiger charge is 2.63. The van der Waals surface area contributed by atoms with Gasteiger partial charge in [0.05, 0.1) is 22.8 Å². The van der Waals surface area contributed by atoms with Gasteiger partial charge in [-0.3, -0.25) is 0 Å². The van der Waals surface area contributed by atoms with Crippen LogP contribution in [0.3, 0.4) is 0 Å². The minimum Gasteiger partial charge on any atom is -0.340 e. The van der Waals surface area contributed by atoms with E-state index in [2.05, 4.69) is 20.6 Å². The van der Waals surface area contributed by atoms with Crippen molar-refractivity contribution in [2.45, 2.75) is 83.1 Å². The van der Waals surface area contributed by atoms with E-state index >= 15 is 0 Å². The largest absolute Gasteiger partial charge is 1.05 e. The zero-order chi connectivity index (χ0) is 22.8. The van der Waals surface area contributed by atoms with Gasteiger partial charge in [0.1, 0.15) is 0 Å². The molecule has 0 aliphatic carbocycles. The van der Waals surface area contributed by atoms with E-state index in [0.29, 0.717) is 0 Å². The predicted molar refractivity (Wildman–Crippen MR) is 122 cm³/mol. The topological polar surface area (TPSA) is 86.4 Å². The van der Waals surface area contributed by atoms with Gasteiger partial charge in [0.25, 0.3) is 0 Å². The number of nitrogens with zero attached hydrogens (tertiary/aromatic N) is 4. The fourth-order valence-electron chi connectivity index (χ4n) is 1.03. The van der Waals surface area contributed by atoms with Crippen molar-refractivity contribution in [2.24, 2.45) is 44.3 Å². The fourth-order valence-corrected chi connectivity index (χ4v) is 2.26. The van der Waals surface area contributed by atoms with Crippen LogP contribution in [0.15, 0.2) is 20.6 Å². The maximum Gasteiger partial charge on any atom is 1.05 e. The second kappa shape index (κ2) is 12.6. The summed E-state index contributed by atoms with van der Waals surface area (Å²) in [5.74, 6) is 0.739. The summed E-state index contributed by atoms with van der Waals surface area (Å²) in [5.41, 5.74) is 3.04. The van der Waals surface area contributed by atoms with Crippen LogP contribution >= 0.6 is 0 Å². The lowest BCUT2D eigenvalue weighted by atomic mass is 10.1. The average Bonchev–Trinajstić information content (AvgIpc) is 2.64. The first-order chi connectivity index (χ1) is 13.3. The van der Waals surface area contributed by atoms with Crippen LogP contribution in [-0.2, 0) is 18.1 Å². The third-order valence-corrected chi connectivity index (χ3v) is 5.81. The molecule has 9 heteroatoms. The van der Waals surface area contributed by atoms with Crippen molar-refractivity contribution >= 4 is 31.9 Å². The van der Waals surface area contributed by atoms with Crippen LogP contribution in [0, 0.1) is 23.7 Å². The van der Waals surface area contributed by atoms with Crippen LogP contribution in [0.1, 0.15) is 83.1 Å². The lowest BCUT2D eigenvalue weighted by Crippen LogP contribution is -2.45. The molecule has 0 N–H and O–H groups in total. The molecule has 0 fully saturated rings. The summed E-state index contributed by atoms with van der Waals surface area (Å²) in [5, 5.41) is 16.6. The summed E-state index contributed by atoms with van der Waals surface area (Å²) >= 11 is 0. The molecule has 0 saturated carbocycles. The van der Waals surface area contributed by atoms with Crippen molar-refractivity contribution in [3.63, 3.8) is 0 Å². The molecule has 0 heterocycles. The minimum atomic E-state index is -3.98. The third kappa shape index (κ3) is 10.4. The van der Waals surface area contributed by atoms with Crippen molar-refractivity contribution in [2.75, 3.05) is 0 Å². The van der Waals surface area contributed by atoms with Gasteiger partial charge in [0.2, 0.25) is 0 Å². The van der Waals surface area contributed by atoms with E-state index in [-0.39, 0.29) is 23.7 Å². The Bertz CT molecular complexity index is 516. The highest BCUT2D eigenvalue weighted by Crippen LogP contribution is 2.18. The van der Waals surface area contributed by atoms with Gasteiger partial charge in [-0.25, -0.2) is 0 Å². The maximum absolute atomic E-state index is 5.68. The molecule has 0 spiro atoms. The molecule has 0 aromatic rings. The molecule has 0 atom stereocenters. The SMILES string of the molecule is CC(=NO[Si](ON=C(C)C(C)C)(ON=C(C)C(C)C)ON=C(C)C(C)C)C(C)C. The van der Waals surface area contributed by atoms with Crippen molar-refractivity contribution < 1.29 is 18.1 Å². The van der Waals surface area contributed by atoms with Gasteiger partial charge in [0, 0.05) is 0 Å².